The van der Waals surface area contributed by atoms with E-state index in [-0.39, 0.29) is 11.6 Å². The lowest BCUT2D eigenvalue weighted by Crippen LogP contribution is -2.64. The summed E-state index contributed by atoms with van der Waals surface area (Å²) in [6.07, 6.45) is 4.48. The third kappa shape index (κ3) is 3.47. The monoisotopic (exact) mass is 357 g/mol. The molecule has 5 heteroatoms. The average Bonchev–Trinajstić information content (AvgIpc) is 2.99. The zero-order valence-corrected chi connectivity index (χ0v) is 15.9. The number of fused-ring (bicyclic) bond motifs is 1. The smallest absolute Gasteiger partial charge is 0.410 e. The van der Waals surface area contributed by atoms with Crippen LogP contribution in [-0.2, 0) is 11.2 Å². The molecule has 3 saturated heterocycles. The Bertz CT molecular complexity index is 615. The van der Waals surface area contributed by atoms with Crippen LogP contribution in [0, 0.1) is 0 Å². The van der Waals surface area contributed by atoms with Crippen molar-refractivity contribution in [1.29, 1.82) is 0 Å². The van der Waals surface area contributed by atoms with Crippen molar-refractivity contribution >= 4 is 6.09 Å². The van der Waals surface area contributed by atoms with Crippen molar-refractivity contribution in [1.82, 2.24) is 14.7 Å². The molecular formula is C21H31N3O2. The number of nitrogens with zero attached hydrogens (tertiary/aromatic N) is 3. The van der Waals surface area contributed by atoms with E-state index in [4.69, 9.17) is 4.74 Å². The summed E-state index contributed by atoms with van der Waals surface area (Å²) in [6.45, 7) is 9.12. The number of cyclic esters (lactones) is 1. The first-order chi connectivity index (χ1) is 12.7. The van der Waals surface area contributed by atoms with Gasteiger partial charge in [0.25, 0.3) is 0 Å². The van der Waals surface area contributed by atoms with E-state index in [9.17, 15) is 4.79 Å². The van der Waals surface area contributed by atoms with Gasteiger partial charge in [-0.1, -0.05) is 37.3 Å². The Morgan fingerprint density at radius 2 is 1.88 bits per heavy atom. The van der Waals surface area contributed by atoms with Gasteiger partial charge in [0.2, 0.25) is 0 Å². The van der Waals surface area contributed by atoms with Gasteiger partial charge in [-0.3, -0.25) is 9.80 Å². The van der Waals surface area contributed by atoms with Gasteiger partial charge in [-0.15, -0.1) is 0 Å². The van der Waals surface area contributed by atoms with Crippen LogP contribution in [0.25, 0.3) is 0 Å². The molecule has 1 amide bonds. The third-order valence-electron chi connectivity index (χ3n) is 6.35. The molecule has 26 heavy (non-hydrogen) atoms. The molecule has 1 unspecified atom stereocenters. The van der Waals surface area contributed by atoms with Crippen molar-refractivity contribution in [3.05, 3.63) is 35.9 Å². The van der Waals surface area contributed by atoms with Crippen LogP contribution in [0.2, 0.25) is 0 Å². The number of benzene rings is 1. The minimum Gasteiger partial charge on any atom is -0.447 e. The average molecular weight is 357 g/mol. The Morgan fingerprint density at radius 1 is 1.12 bits per heavy atom. The Labute approximate surface area is 156 Å². The molecule has 3 fully saturated rings. The van der Waals surface area contributed by atoms with Gasteiger partial charge in [-0.25, -0.2) is 4.79 Å². The normalized spacial score (nSPS) is 28.2. The van der Waals surface area contributed by atoms with Gasteiger partial charge < -0.3 is 9.64 Å². The molecule has 0 aromatic heterocycles. The molecule has 1 aromatic carbocycles. The molecule has 0 N–H and O–H groups in total. The molecular weight excluding hydrogens is 326 g/mol. The summed E-state index contributed by atoms with van der Waals surface area (Å²) < 4.78 is 5.51. The predicted octanol–water partition coefficient (Wildman–Crippen LogP) is 2.61. The standard InChI is InChI=1S/C21H31N3O2/c1-2-10-22-11-8-19(9-12-22)23-13-14-24-20(25)26-17-21(24,16-23)15-18-6-4-3-5-7-18/h3-7,19H,2,8-17H2,1H3. The zero-order chi connectivity index (χ0) is 18.0. The summed E-state index contributed by atoms with van der Waals surface area (Å²) in [5.41, 5.74) is 1.09. The van der Waals surface area contributed by atoms with Crippen molar-refractivity contribution in [2.75, 3.05) is 45.9 Å². The molecule has 3 aliphatic heterocycles. The van der Waals surface area contributed by atoms with E-state index >= 15 is 0 Å². The van der Waals surface area contributed by atoms with Crippen LogP contribution in [0.15, 0.2) is 30.3 Å². The second-order valence-electron chi connectivity index (χ2n) is 8.14. The molecule has 0 aliphatic carbocycles. The number of ether oxygens (including phenoxy) is 1. The first-order valence-electron chi connectivity index (χ1n) is 10.1. The van der Waals surface area contributed by atoms with E-state index in [0.717, 1.165) is 26.1 Å². The van der Waals surface area contributed by atoms with Crippen molar-refractivity contribution in [3.8, 4) is 0 Å². The molecule has 142 valence electrons. The van der Waals surface area contributed by atoms with E-state index < -0.39 is 0 Å². The van der Waals surface area contributed by atoms with Crippen molar-refractivity contribution in [2.45, 2.75) is 44.2 Å². The Balaban J connectivity index is 1.46. The summed E-state index contributed by atoms with van der Waals surface area (Å²) in [4.78, 5) is 19.5. The number of rotatable bonds is 5. The summed E-state index contributed by atoms with van der Waals surface area (Å²) in [5, 5.41) is 0. The van der Waals surface area contributed by atoms with Crippen molar-refractivity contribution in [2.24, 2.45) is 0 Å². The number of hydrogen-bond donors (Lipinski definition) is 0. The number of amides is 1. The highest BCUT2D eigenvalue weighted by atomic mass is 16.6. The van der Waals surface area contributed by atoms with Gasteiger partial charge in [0.05, 0.1) is 5.54 Å². The molecule has 0 bridgehead atoms. The maximum Gasteiger partial charge on any atom is 0.410 e. The largest absolute Gasteiger partial charge is 0.447 e. The summed E-state index contributed by atoms with van der Waals surface area (Å²) in [6, 6.07) is 11.2. The molecule has 3 heterocycles. The number of carbonyl (C=O) groups is 1. The second-order valence-corrected chi connectivity index (χ2v) is 8.14. The fourth-order valence-electron chi connectivity index (χ4n) is 5.00. The second kappa shape index (κ2) is 7.57. The first-order valence-corrected chi connectivity index (χ1v) is 10.1. The topological polar surface area (TPSA) is 36.0 Å². The van der Waals surface area contributed by atoms with Gasteiger partial charge in [0.15, 0.2) is 0 Å². The highest BCUT2D eigenvalue weighted by Crippen LogP contribution is 2.34. The van der Waals surface area contributed by atoms with E-state index in [0.29, 0.717) is 12.6 Å². The van der Waals surface area contributed by atoms with Gasteiger partial charge in [0.1, 0.15) is 6.61 Å². The highest BCUT2D eigenvalue weighted by molar-refractivity contribution is 5.71. The van der Waals surface area contributed by atoms with Crippen LogP contribution in [0.4, 0.5) is 4.79 Å². The van der Waals surface area contributed by atoms with E-state index in [1.165, 1.54) is 44.5 Å². The van der Waals surface area contributed by atoms with Crippen LogP contribution in [0.1, 0.15) is 31.7 Å². The SMILES string of the molecule is CCCN1CCC(N2CCN3C(=O)OCC3(Cc3ccccc3)C2)CC1. The lowest BCUT2D eigenvalue weighted by atomic mass is 9.86. The molecule has 3 aliphatic rings. The van der Waals surface area contributed by atoms with E-state index in [1.54, 1.807) is 0 Å². The Hall–Kier alpha value is -1.59. The molecule has 5 nitrogen and oxygen atoms in total. The highest BCUT2D eigenvalue weighted by Gasteiger charge is 2.51. The first kappa shape index (κ1) is 17.8. The molecule has 4 rings (SSSR count). The quantitative estimate of drug-likeness (QED) is 0.812. The van der Waals surface area contributed by atoms with Crippen LogP contribution in [-0.4, -0.2) is 78.2 Å². The third-order valence-corrected chi connectivity index (χ3v) is 6.35. The fraction of sp³-hybridized carbons (Fsp3) is 0.667. The van der Waals surface area contributed by atoms with Crippen LogP contribution in [0.3, 0.4) is 0 Å². The molecule has 0 saturated carbocycles. The van der Waals surface area contributed by atoms with E-state index in [2.05, 4.69) is 41.0 Å². The van der Waals surface area contributed by atoms with Gasteiger partial charge >= 0.3 is 6.09 Å². The minimum absolute atomic E-state index is 0.127. The van der Waals surface area contributed by atoms with E-state index in [1.807, 2.05) is 11.0 Å². The van der Waals surface area contributed by atoms with Gasteiger partial charge in [0, 0.05) is 32.1 Å². The molecule has 0 radical (unpaired) electrons. The summed E-state index contributed by atoms with van der Waals surface area (Å²) in [5.74, 6) is 0. The lowest BCUT2D eigenvalue weighted by molar-refractivity contribution is 0.00871. The zero-order valence-electron chi connectivity index (χ0n) is 15.9. The summed E-state index contributed by atoms with van der Waals surface area (Å²) in [7, 11) is 0. The maximum absolute atomic E-state index is 12.3. The van der Waals surface area contributed by atoms with Crippen LogP contribution < -0.4 is 0 Å². The maximum atomic E-state index is 12.3. The number of piperazine rings is 1. The number of likely N-dealkylation sites (tertiary alicyclic amines) is 1. The van der Waals surface area contributed by atoms with Gasteiger partial charge in [-0.05, 0) is 44.5 Å². The number of hydrogen-bond acceptors (Lipinski definition) is 4. The number of piperidine rings is 1. The predicted molar refractivity (Wildman–Crippen MR) is 102 cm³/mol. The Morgan fingerprint density at radius 3 is 2.62 bits per heavy atom. The van der Waals surface area contributed by atoms with Crippen molar-refractivity contribution < 1.29 is 9.53 Å². The van der Waals surface area contributed by atoms with Crippen LogP contribution in [0.5, 0.6) is 0 Å². The summed E-state index contributed by atoms with van der Waals surface area (Å²) >= 11 is 0. The molecule has 1 atom stereocenters. The lowest BCUT2D eigenvalue weighted by Gasteiger charge is -2.49. The molecule has 1 aromatic rings. The number of carbonyl (C=O) groups excluding carboxylic acids is 1. The molecule has 0 spiro atoms. The Kier molecular flexibility index (Phi) is 5.18. The van der Waals surface area contributed by atoms with Gasteiger partial charge in [-0.2, -0.15) is 0 Å². The minimum atomic E-state index is -0.197. The van der Waals surface area contributed by atoms with Crippen LogP contribution >= 0.6 is 0 Å². The fourth-order valence-corrected chi connectivity index (χ4v) is 5.00. The van der Waals surface area contributed by atoms with Crippen molar-refractivity contribution in [3.63, 3.8) is 0 Å².